The van der Waals surface area contributed by atoms with Crippen LogP contribution in [0.3, 0.4) is 0 Å². The molecule has 0 spiro atoms. The van der Waals surface area contributed by atoms with Crippen molar-refractivity contribution in [2.45, 2.75) is 26.3 Å². The fraction of sp³-hybridized carbons (Fsp3) is 0.242. The summed E-state index contributed by atoms with van der Waals surface area (Å²) in [4.78, 5) is 40.2. The van der Waals surface area contributed by atoms with Crippen molar-refractivity contribution in [3.8, 4) is 22.6 Å². The number of benzene rings is 3. The van der Waals surface area contributed by atoms with Gasteiger partial charge >= 0.3 is 5.97 Å². The minimum atomic E-state index is -0.997. The molecule has 9 heteroatoms. The van der Waals surface area contributed by atoms with E-state index in [1.807, 2.05) is 31.2 Å². The van der Waals surface area contributed by atoms with Crippen molar-refractivity contribution in [2.75, 3.05) is 26.8 Å². The summed E-state index contributed by atoms with van der Waals surface area (Å²) in [6.07, 6.45) is 1.82. The van der Waals surface area contributed by atoms with Crippen LogP contribution < -0.4 is 14.8 Å². The molecule has 0 unspecified atom stereocenters. The molecule has 4 rings (SSSR count). The lowest BCUT2D eigenvalue weighted by atomic mass is 9.94. The maximum Gasteiger partial charge on any atom is 0.305 e. The molecule has 0 fully saturated rings. The van der Waals surface area contributed by atoms with Gasteiger partial charge in [-0.2, -0.15) is 0 Å². The average molecular weight is 571 g/mol. The van der Waals surface area contributed by atoms with Crippen molar-refractivity contribution in [2.24, 2.45) is 0 Å². The molecule has 0 bridgehead atoms. The zero-order valence-corrected chi connectivity index (χ0v) is 23.7. The fourth-order valence-electron chi connectivity index (χ4n) is 4.62. The molecule has 1 aromatic heterocycles. The van der Waals surface area contributed by atoms with Gasteiger partial charge in [0.15, 0.2) is 11.5 Å². The molecule has 3 aromatic carbocycles. The van der Waals surface area contributed by atoms with E-state index in [1.54, 1.807) is 68.0 Å². The second kappa shape index (κ2) is 14.5. The number of methoxy groups -OCH3 is 1. The van der Waals surface area contributed by atoms with Crippen molar-refractivity contribution in [1.29, 1.82) is 0 Å². The van der Waals surface area contributed by atoms with Crippen molar-refractivity contribution >= 4 is 17.8 Å². The van der Waals surface area contributed by atoms with Crippen LogP contribution >= 0.6 is 0 Å². The number of carbonyl (C=O) groups is 3. The van der Waals surface area contributed by atoms with Crippen molar-refractivity contribution < 1.29 is 33.4 Å². The second-order valence-corrected chi connectivity index (χ2v) is 9.46. The number of nitrogens with zero attached hydrogens (tertiary/aromatic N) is 1. The highest BCUT2D eigenvalue weighted by Gasteiger charge is 2.23. The minimum absolute atomic E-state index is 0.0300. The summed E-state index contributed by atoms with van der Waals surface area (Å²) in [6.45, 7) is 2.89. The Kier molecular flexibility index (Phi) is 10.4. The number of furan rings is 1. The zero-order chi connectivity index (χ0) is 29.9. The second-order valence-electron chi connectivity index (χ2n) is 9.46. The molecule has 0 radical (unpaired) electrons. The molecule has 0 saturated carbocycles. The Balaban J connectivity index is 1.60. The molecule has 0 atom stereocenters. The summed E-state index contributed by atoms with van der Waals surface area (Å²) < 4.78 is 16.4. The first kappa shape index (κ1) is 29.9. The van der Waals surface area contributed by atoms with Crippen LogP contribution in [0.1, 0.15) is 45.4 Å². The van der Waals surface area contributed by atoms with Gasteiger partial charge in [0.05, 0.1) is 32.9 Å². The molecule has 1 heterocycles. The Morgan fingerprint density at radius 1 is 0.881 bits per heavy atom. The zero-order valence-electron chi connectivity index (χ0n) is 23.7. The number of hydrogen-bond donors (Lipinski definition) is 2. The number of carboxylic acids is 1. The van der Waals surface area contributed by atoms with E-state index in [0.717, 1.165) is 5.56 Å². The first-order valence-electron chi connectivity index (χ1n) is 13.7. The Bertz CT molecular complexity index is 1510. The maximum atomic E-state index is 14.0. The molecule has 42 heavy (non-hydrogen) atoms. The highest BCUT2D eigenvalue weighted by atomic mass is 16.5. The van der Waals surface area contributed by atoms with Gasteiger partial charge in [0.25, 0.3) is 11.8 Å². The van der Waals surface area contributed by atoms with Gasteiger partial charge in [0, 0.05) is 24.2 Å². The van der Waals surface area contributed by atoms with Crippen LogP contribution in [0.25, 0.3) is 11.1 Å². The largest absolute Gasteiger partial charge is 0.493 e. The molecular weight excluding hydrogens is 536 g/mol. The average Bonchev–Trinajstić information content (AvgIpc) is 3.54. The molecular formula is C33H34N2O7. The topological polar surface area (TPSA) is 118 Å². The quantitative estimate of drug-likeness (QED) is 0.207. The predicted molar refractivity (Wildman–Crippen MR) is 158 cm³/mol. The van der Waals surface area contributed by atoms with Gasteiger partial charge in [0.1, 0.15) is 5.76 Å². The third kappa shape index (κ3) is 7.57. The van der Waals surface area contributed by atoms with Crippen LogP contribution in [0.2, 0.25) is 0 Å². The highest BCUT2D eigenvalue weighted by molar-refractivity contribution is 6.06. The van der Waals surface area contributed by atoms with E-state index in [9.17, 15) is 19.5 Å². The highest BCUT2D eigenvalue weighted by Crippen LogP contribution is 2.30. The van der Waals surface area contributed by atoms with Gasteiger partial charge in [-0.25, -0.2) is 0 Å². The first-order valence-corrected chi connectivity index (χ1v) is 13.7. The van der Waals surface area contributed by atoms with Gasteiger partial charge in [0.2, 0.25) is 0 Å². The molecule has 2 amide bonds. The molecule has 9 nitrogen and oxygen atoms in total. The molecule has 0 aliphatic rings. The van der Waals surface area contributed by atoms with Crippen LogP contribution in [0.15, 0.2) is 89.5 Å². The summed E-state index contributed by atoms with van der Waals surface area (Å²) in [6, 6.07) is 23.2. The third-order valence-electron chi connectivity index (χ3n) is 6.70. The number of aliphatic carboxylic acids is 1. The van der Waals surface area contributed by atoms with E-state index >= 15 is 0 Å². The summed E-state index contributed by atoms with van der Waals surface area (Å²) >= 11 is 0. The smallest absolute Gasteiger partial charge is 0.305 e. The normalized spacial score (nSPS) is 10.6. The molecule has 0 aliphatic heterocycles. The van der Waals surface area contributed by atoms with Crippen molar-refractivity contribution in [1.82, 2.24) is 10.2 Å². The number of hydrogen-bond acceptors (Lipinski definition) is 6. The number of carboxylic acid groups (broad SMARTS) is 1. The van der Waals surface area contributed by atoms with Crippen LogP contribution in [-0.4, -0.2) is 54.6 Å². The van der Waals surface area contributed by atoms with Gasteiger partial charge in [-0.3, -0.25) is 14.4 Å². The Hall–Kier alpha value is -5.05. The van der Waals surface area contributed by atoms with Crippen LogP contribution in [-0.2, 0) is 17.8 Å². The monoisotopic (exact) mass is 570 g/mol. The number of nitrogens with one attached hydrogen (secondary N) is 1. The number of amides is 2. The SMILES string of the molecule is CCOc1cc(CCN(CCC(=O)O)C(=O)c2ccccc2-c2ccccc2C(=O)NCc2ccco2)ccc1OC. The summed E-state index contributed by atoms with van der Waals surface area (Å²) in [5, 5.41) is 12.2. The molecule has 4 aromatic rings. The lowest BCUT2D eigenvalue weighted by molar-refractivity contribution is -0.137. The third-order valence-corrected chi connectivity index (χ3v) is 6.70. The van der Waals surface area contributed by atoms with Crippen LogP contribution in [0.4, 0.5) is 0 Å². The molecule has 2 N–H and O–H groups in total. The number of carbonyl (C=O) groups excluding carboxylic acids is 2. The van der Waals surface area contributed by atoms with E-state index in [1.165, 1.54) is 4.90 Å². The fourth-order valence-corrected chi connectivity index (χ4v) is 4.62. The summed E-state index contributed by atoms with van der Waals surface area (Å²) in [7, 11) is 1.57. The van der Waals surface area contributed by atoms with Gasteiger partial charge in [-0.1, -0.05) is 42.5 Å². The Labute approximate surface area is 244 Å². The lowest BCUT2D eigenvalue weighted by Gasteiger charge is -2.24. The Morgan fingerprint density at radius 2 is 1.60 bits per heavy atom. The Morgan fingerprint density at radius 3 is 2.26 bits per heavy atom. The van der Waals surface area contributed by atoms with Gasteiger partial charge < -0.3 is 29.2 Å². The van der Waals surface area contributed by atoms with Crippen molar-refractivity contribution in [3.05, 3.63) is 108 Å². The van der Waals surface area contributed by atoms with E-state index in [-0.39, 0.29) is 37.9 Å². The standard InChI is InChI=1S/C33H34N2O7/c1-3-41-30-21-23(14-15-29(30)40-2)16-18-35(19-17-31(36)37)33(39)28-13-7-5-11-26(28)25-10-4-6-12-27(25)32(38)34-22-24-9-8-20-42-24/h4-15,20-21H,3,16-19,22H2,1-2H3,(H,34,38)(H,36,37). The van der Waals surface area contributed by atoms with Crippen LogP contribution in [0, 0.1) is 0 Å². The van der Waals surface area contributed by atoms with E-state index in [4.69, 9.17) is 13.9 Å². The maximum absolute atomic E-state index is 14.0. The van der Waals surface area contributed by atoms with Gasteiger partial charge in [-0.05, 0) is 66.4 Å². The summed E-state index contributed by atoms with van der Waals surface area (Å²) in [5.41, 5.74) is 2.86. The predicted octanol–water partition coefficient (Wildman–Crippen LogP) is 5.44. The first-order chi connectivity index (χ1) is 20.4. The number of rotatable bonds is 14. The minimum Gasteiger partial charge on any atom is -0.493 e. The van der Waals surface area contributed by atoms with E-state index in [0.29, 0.717) is 52.5 Å². The van der Waals surface area contributed by atoms with E-state index in [2.05, 4.69) is 5.32 Å². The van der Waals surface area contributed by atoms with Gasteiger partial charge in [-0.15, -0.1) is 0 Å². The molecule has 0 saturated heterocycles. The number of ether oxygens (including phenoxy) is 2. The lowest BCUT2D eigenvalue weighted by Crippen LogP contribution is -2.35. The van der Waals surface area contributed by atoms with Crippen molar-refractivity contribution in [3.63, 3.8) is 0 Å². The molecule has 0 aliphatic carbocycles. The molecule has 218 valence electrons. The van der Waals surface area contributed by atoms with E-state index < -0.39 is 5.97 Å². The van der Waals surface area contributed by atoms with Crippen LogP contribution in [0.5, 0.6) is 11.5 Å². The summed E-state index contributed by atoms with van der Waals surface area (Å²) in [5.74, 6) is 0.208.